The van der Waals surface area contributed by atoms with Crippen LogP contribution in [0.2, 0.25) is 0 Å². The molecule has 0 radical (unpaired) electrons. The second-order valence-electron chi connectivity index (χ2n) is 3.66. The van der Waals surface area contributed by atoms with Gasteiger partial charge in [0.05, 0.1) is 6.54 Å². The van der Waals surface area contributed by atoms with Gasteiger partial charge in [-0.3, -0.25) is 4.79 Å². The van der Waals surface area contributed by atoms with Crippen LogP contribution in [0.5, 0.6) is 0 Å². The summed E-state index contributed by atoms with van der Waals surface area (Å²) in [7, 11) is 0. The smallest absolute Gasteiger partial charge is 0.217 e. The van der Waals surface area contributed by atoms with Crippen LogP contribution < -0.4 is 5.32 Å². The zero-order chi connectivity index (χ0) is 11.8. The molecule has 1 aromatic carbocycles. The summed E-state index contributed by atoms with van der Waals surface area (Å²) in [5, 5.41) is 2.63. The van der Waals surface area contributed by atoms with Crippen molar-refractivity contribution >= 4 is 5.91 Å². The minimum Gasteiger partial charge on any atom is -0.345 e. The molecule has 0 atom stereocenters. The highest BCUT2D eigenvalue weighted by atomic mass is 16.1. The molecular formula is C14H17NO. The predicted octanol–water partition coefficient (Wildman–Crippen LogP) is 2.13. The van der Waals surface area contributed by atoms with Gasteiger partial charge in [-0.15, -0.1) is 0 Å². The van der Waals surface area contributed by atoms with Crippen molar-refractivity contribution in [3.8, 4) is 11.8 Å². The fraction of sp³-hybridized carbons (Fsp3) is 0.357. The predicted molar refractivity (Wildman–Crippen MR) is 66.0 cm³/mol. The second-order valence-corrected chi connectivity index (χ2v) is 3.66. The molecule has 0 heterocycles. The lowest BCUT2D eigenvalue weighted by atomic mass is 10.1. The number of amides is 1. The van der Waals surface area contributed by atoms with Gasteiger partial charge in [-0.25, -0.2) is 0 Å². The van der Waals surface area contributed by atoms with Crippen LogP contribution >= 0.6 is 0 Å². The Morgan fingerprint density at radius 2 is 2.00 bits per heavy atom. The molecule has 0 bridgehead atoms. The van der Waals surface area contributed by atoms with Crippen LogP contribution in [0.1, 0.15) is 31.4 Å². The Balaban J connectivity index is 2.51. The van der Waals surface area contributed by atoms with Crippen LogP contribution in [-0.4, -0.2) is 12.5 Å². The second kappa shape index (κ2) is 6.68. The molecule has 0 aliphatic carbocycles. The minimum absolute atomic E-state index is 0.0485. The van der Waals surface area contributed by atoms with Crippen molar-refractivity contribution in [2.45, 2.75) is 26.7 Å². The fourth-order valence-electron chi connectivity index (χ4n) is 1.36. The van der Waals surface area contributed by atoms with E-state index in [0.717, 1.165) is 18.4 Å². The van der Waals surface area contributed by atoms with Gasteiger partial charge in [-0.2, -0.15) is 0 Å². The number of aryl methyl sites for hydroxylation is 1. The van der Waals surface area contributed by atoms with Crippen molar-refractivity contribution in [1.82, 2.24) is 5.32 Å². The molecule has 84 valence electrons. The molecule has 1 rings (SSSR count). The van der Waals surface area contributed by atoms with E-state index in [1.807, 2.05) is 12.1 Å². The first kappa shape index (κ1) is 12.3. The van der Waals surface area contributed by atoms with E-state index >= 15 is 0 Å². The van der Waals surface area contributed by atoms with Gasteiger partial charge >= 0.3 is 0 Å². The molecule has 0 saturated carbocycles. The molecule has 0 aliphatic heterocycles. The van der Waals surface area contributed by atoms with E-state index < -0.39 is 0 Å². The normalized spacial score (nSPS) is 9.12. The summed E-state index contributed by atoms with van der Waals surface area (Å²) in [6, 6.07) is 8.25. The van der Waals surface area contributed by atoms with Crippen LogP contribution in [0.15, 0.2) is 24.3 Å². The van der Waals surface area contributed by atoms with E-state index in [1.165, 1.54) is 12.5 Å². The number of benzene rings is 1. The first-order valence-electron chi connectivity index (χ1n) is 5.54. The summed E-state index contributed by atoms with van der Waals surface area (Å²) in [6.45, 7) is 4.06. The highest BCUT2D eigenvalue weighted by Gasteiger charge is 1.90. The number of carbonyl (C=O) groups excluding carboxylic acids is 1. The van der Waals surface area contributed by atoms with Crippen LogP contribution in [0.4, 0.5) is 0 Å². The van der Waals surface area contributed by atoms with E-state index in [-0.39, 0.29) is 5.91 Å². The Morgan fingerprint density at radius 1 is 1.31 bits per heavy atom. The third-order valence-electron chi connectivity index (χ3n) is 2.15. The van der Waals surface area contributed by atoms with Crippen LogP contribution in [0.3, 0.4) is 0 Å². The molecule has 0 aliphatic rings. The summed E-state index contributed by atoms with van der Waals surface area (Å²) in [5.41, 5.74) is 2.33. The molecule has 2 nitrogen and oxygen atoms in total. The standard InChI is InChI=1S/C14H17NO/c1-3-5-13-7-9-14(10-8-13)6-4-11-15-12(2)16/h7-10H,3,5,11H2,1-2H3,(H,15,16). The number of nitrogens with one attached hydrogen (secondary N) is 1. The van der Waals surface area contributed by atoms with Gasteiger partial charge in [-0.1, -0.05) is 37.3 Å². The third-order valence-corrected chi connectivity index (χ3v) is 2.15. The summed E-state index contributed by atoms with van der Waals surface area (Å²) >= 11 is 0. The van der Waals surface area contributed by atoms with Crippen LogP contribution in [0, 0.1) is 11.8 Å². The molecule has 0 saturated heterocycles. The van der Waals surface area contributed by atoms with Crippen molar-refractivity contribution in [1.29, 1.82) is 0 Å². The van der Waals surface area contributed by atoms with E-state index in [1.54, 1.807) is 0 Å². The molecule has 1 N–H and O–H groups in total. The van der Waals surface area contributed by atoms with Gasteiger partial charge in [0.1, 0.15) is 0 Å². The van der Waals surface area contributed by atoms with Gasteiger partial charge in [0.25, 0.3) is 0 Å². The molecule has 16 heavy (non-hydrogen) atoms. The largest absolute Gasteiger partial charge is 0.345 e. The summed E-state index contributed by atoms with van der Waals surface area (Å²) in [6.07, 6.45) is 2.27. The van der Waals surface area contributed by atoms with Crippen molar-refractivity contribution < 1.29 is 4.79 Å². The molecule has 0 aromatic heterocycles. The fourth-order valence-corrected chi connectivity index (χ4v) is 1.36. The number of hydrogen-bond donors (Lipinski definition) is 1. The summed E-state index contributed by atoms with van der Waals surface area (Å²) in [5.74, 6) is 5.86. The van der Waals surface area contributed by atoms with Crippen molar-refractivity contribution in [2.24, 2.45) is 0 Å². The zero-order valence-electron chi connectivity index (χ0n) is 9.84. The molecule has 1 aromatic rings. The molecule has 1 amide bonds. The maximum absolute atomic E-state index is 10.6. The van der Waals surface area contributed by atoms with Crippen molar-refractivity contribution in [3.63, 3.8) is 0 Å². The Labute approximate surface area is 97.1 Å². The SMILES string of the molecule is CCCc1ccc(C#CCNC(C)=O)cc1. The van der Waals surface area contributed by atoms with Crippen LogP contribution in [0.25, 0.3) is 0 Å². The highest BCUT2D eigenvalue weighted by Crippen LogP contribution is 2.05. The maximum Gasteiger partial charge on any atom is 0.217 e. The van der Waals surface area contributed by atoms with Gasteiger partial charge in [0.2, 0.25) is 5.91 Å². The lowest BCUT2D eigenvalue weighted by Crippen LogP contribution is -2.19. The molecular weight excluding hydrogens is 198 g/mol. The number of carbonyl (C=O) groups is 1. The first-order valence-corrected chi connectivity index (χ1v) is 5.54. The lowest BCUT2D eigenvalue weighted by molar-refractivity contribution is -0.118. The monoisotopic (exact) mass is 215 g/mol. The van der Waals surface area contributed by atoms with E-state index in [0.29, 0.717) is 6.54 Å². The first-order chi connectivity index (χ1) is 7.72. The molecule has 0 unspecified atom stereocenters. The Kier molecular flexibility index (Phi) is 5.15. The average Bonchev–Trinajstić information content (AvgIpc) is 2.27. The Hall–Kier alpha value is -1.75. The topological polar surface area (TPSA) is 29.1 Å². The third kappa shape index (κ3) is 4.65. The summed E-state index contributed by atoms with van der Waals surface area (Å²) in [4.78, 5) is 10.6. The van der Waals surface area contributed by atoms with Crippen molar-refractivity contribution in [3.05, 3.63) is 35.4 Å². The van der Waals surface area contributed by atoms with Crippen LogP contribution in [-0.2, 0) is 11.2 Å². The van der Waals surface area contributed by atoms with Gasteiger partial charge in [0, 0.05) is 12.5 Å². The Morgan fingerprint density at radius 3 is 2.56 bits per heavy atom. The number of hydrogen-bond acceptors (Lipinski definition) is 1. The molecule has 0 spiro atoms. The van der Waals surface area contributed by atoms with Crippen molar-refractivity contribution in [2.75, 3.05) is 6.54 Å². The molecule has 0 fully saturated rings. The van der Waals surface area contributed by atoms with Gasteiger partial charge < -0.3 is 5.32 Å². The van der Waals surface area contributed by atoms with Gasteiger partial charge in [0.15, 0.2) is 0 Å². The average molecular weight is 215 g/mol. The minimum atomic E-state index is -0.0485. The quantitative estimate of drug-likeness (QED) is 0.769. The zero-order valence-corrected chi connectivity index (χ0v) is 9.84. The lowest BCUT2D eigenvalue weighted by Gasteiger charge is -1.97. The van der Waals surface area contributed by atoms with Gasteiger partial charge in [-0.05, 0) is 24.1 Å². The van der Waals surface area contributed by atoms with E-state index in [9.17, 15) is 4.79 Å². The Bertz CT molecular complexity index is 395. The summed E-state index contributed by atoms with van der Waals surface area (Å²) < 4.78 is 0. The number of rotatable bonds is 3. The van der Waals surface area contributed by atoms with E-state index in [4.69, 9.17) is 0 Å². The maximum atomic E-state index is 10.6. The van der Waals surface area contributed by atoms with E-state index in [2.05, 4.69) is 36.2 Å². The molecule has 2 heteroatoms. The highest BCUT2D eigenvalue weighted by molar-refractivity contribution is 5.73.